The molecular weight excluding hydrogens is 204 g/mol. The summed E-state index contributed by atoms with van der Waals surface area (Å²) >= 11 is 0. The third kappa shape index (κ3) is 1.87. The molecule has 1 aromatic rings. The Hall–Kier alpha value is -0.870. The van der Waals surface area contributed by atoms with Gasteiger partial charge >= 0.3 is 0 Å². The number of fused-ring (bicyclic) bond motifs is 1. The number of imidazole rings is 1. The van der Waals surface area contributed by atoms with Crippen LogP contribution in [0.1, 0.15) is 36.7 Å². The van der Waals surface area contributed by atoms with E-state index >= 15 is 0 Å². The predicted octanol–water partition coefficient (Wildman–Crippen LogP) is 1.08. The number of hydrogen-bond donors (Lipinski definition) is 1. The second-order valence-electron chi connectivity index (χ2n) is 4.81. The molecule has 1 aromatic heterocycles. The van der Waals surface area contributed by atoms with Crippen molar-refractivity contribution in [1.29, 1.82) is 0 Å². The van der Waals surface area contributed by atoms with Gasteiger partial charge in [-0.05, 0) is 19.3 Å². The Morgan fingerprint density at radius 2 is 2.12 bits per heavy atom. The molecule has 1 atom stereocenters. The highest BCUT2D eigenvalue weighted by molar-refractivity contribution is 5.12. The fourth-order valence-corrected chi connectivity index (χ4v) is 2.62. The van der Waals surface area contributed by atoms with Crippen LogP contribution in [0.3, 0.4) is 0 Å². The summed E-state index contributed by atoms with van der Waals surface area (Å²) in [4.78, 5) is 4.67. The van der Waals surface area contributed by atoms with Crippen LogP contribution in [-0.4, -0.2) is 34.0 Å². The van der Waals surface area contributed by atoms with Gasteiger partial charge in [0.25, 0.3) is 0 Å². The van der Waals surface area contributed by atoms with E-state index in [0.717, 1.165) is 44.8 Å². The average molecular weight is 222 g/mol. The van der Waals surface area contributed by atoms with Crippen molar-refractivity contribution in [2.75, 3.05) is 13.2 Å². The van der Waals surface area contributed by atoms with Crippen molar-refractivity contribution in [3.63, 3.8) is 0 Å². The Bertz CT molecular complexity index is 369. The molecule has 1 fully saturated rings. The summed E-state index contributed by atoms with van der Waals surface area (Å²) in [5, 5.41) is 9.60. The molecule has 1 unspecified atom stereocenters. The molecule has 0 spiro atoms. The van der Waals surface area contributed by atoms with E-state index in [0.29, 0.717) is 12.3 Å². The van der Waals surface area contributed by atoms with Crippen molar-refractivity contribution < 1.29 is 9.84 Å². The van der Waals surface area contributed by atoms with Crippen LogP contribution in [0.4, 0.5) is 0 Å². The average Bonchev–Trinajstić information content (AvgIpc) is 2.73. The van der Waals surface area contributed by atoms with Gasteiger partial charge in [0, 0.05) is 38.3 Å². The van der Waals surface area contributed by atoms with E-state index in [1.165, 1.54) is 5.69 Å². The number of ether oxygens (including phenoxy) is 1. The summed E-state index contributed by atoms with van der Waals surface area (Å²) < 4.78 is 7.57. The van der Waals surface area contributed by atoms with Crippen molar-refractivity contribution >= 4 is 0 Å². The van der Waals surface area contributed by atoms with Crippen LogP contribution in [0.15, 0.2) is 6.20 Å². The molecule has 0 aliphatic carbocycles. The number of aromatic nitrogens is 2. The Labute approximate surface area is 95.3 Å². The maximum absolute atomic E-state index is 9.60. The topological polar surface area (TPSA) is 47.3 Å². The first kappa shape index (κ1) is 10.3. The Morgan fingerprint density at radius 1 is 1.31 bits per heavy atom. The maximum Gasteiger partial charge on any atom is 0.111 e. The molecule has 3 heterocycles. The van der Waals surface area contributed by atoms with E-state index in [-0.39, 0.29) is 6.10 Å². The van der Waals surface area contributed by atoms with Gasteiger partial charge in [0.15, 0.2) is 0 Å². The Balaban J connectivity index is 1.80. The second-order valence-corrected chi connectivity index (χ2v) is 4.81. The summed E-state index contributed by atoms with van der Waals surface area (Å²) in [6.45, 7) is 2.62. The first-order chi connectivity index (χ1) is 7.83. The number of aryl methyl sites for hydroxylation is 1. The number of aliphatic hydroxyl groups is 1. The first-order valence-corrected chi connectivity index (χ1v) is 6.14. The summed E-state index contributed by atoms with van der Waals surface area (Å²) in [5.74, 6) is 1.62. The zero-order chi connectivity index (χ0) is 11.0. The van der Waals surface area contributed by atoms with Crippen LogP contribution in [0.2, 0.25) is 0 Å². The van der Waals surface area contributed by atoms with Crippen LogP contribution in [-0.2, 0) is 17.7 Å². The van der Waals surface area contributed by atoms with Gasteiger partial charge in [0.05, 0.1) is 11.8 Å². The highest BCUT2D eigenvalue weighted by Gasteiger charge is 2.23. The maximum atomic E-state index is 9.60. The van der Waals surface area contributed by atoms with Crippen LogP contribution in [0.25, 0.3) is 0 Å². The lowest BCUT2D eigenvalue weighted by Crippen LogP contribution is -2.22. The summed E-state index contributed by atoms with van der Waals surface area (Å²) in [7, 11) is 0. The van der Waals surface area contributed by atoms with E-state index in [2.05, 4.69) is 15.7 Å². The van der Waals surface area contributed by atoms with Gasteiger partial charge in [-0.25, -0.2) is 4.98 Å². The standard InChI is InChI=1S/C12H18N2O2/c15-10-1-4-14-8-11(13-12(14)7-10)9-2-5-16-6-3-9/h8-10,15H,1-7H2. The minimum absolute atomic E-state index is 0.197. The minimum atomic E-state index is -0.197. The van der Waals surface area contributed by atoms with E-state index in [9.17, 15) is 5.11 Å². The molecule has 4 heteroatoms. The monoisotopic (exact) mass is 222 g/mol. The zero-order valence-electron chi connectivity index (χ0n) is 9.43. The molecule has 0 radical (unpaired) electrons. The van der Waals surface area contributed by atoms with Crippen molar-refractivity contribution in [2.24, 2.45) is 0 Å². The number of rotatable bonds is 1. The molecule has 1 saturated heterocycles. The predicted molar refractivity (Wildman–Crippen MR) is 59.3 cm³/mol. The lowest BCUT2D eigenvalue weighted by Gasteiger charge is -2.19. The molecule has 2 aliphatic heterocycles. The molecule has 0 saturated carbocycles. The largest absolute Gasteiger partial charge is 0.393 e. The highest BCUT2D eigenvalue weighted by Crippen LogP contribution is 2.27. The second kappa shape index (κ2) is 4.18. The van der Waals surface area contributed by atoms with Crippen LogP contribution in [0.5, 0.6) is 0 Å². The van der Waals surface area contributed by atoms with Crippen LogP contribution in [0, 0.1) is 0 Å². The quantitative estimate of drug-likeness (QED) is 0.773. The fraction of sp³-hybridized carbons (Fsp3) is 0.750. The van der Waals surface area contributed by atoms with Gasteiger partial charge in [0.1, 0.15) is 5.82 Å². The molecule has 16 heavy (non-hydrogen) atoms. The van der Waals surface area contributed by atoms with Crippen molar-refractivity contribution in [3.8, 4) is 0 Å². The number of aliphatic hydroxyl groups excluding tert-OH is 1. The van der Waals surface area contributed by atoms with Crippen LogP contribution < -0.4 is 0 Å². The molecule has 88 valence electrons. The minimum Gasteiger partial charge on any atom is -0.393 e. The summed E-state index contributed by atoms with van der Waals surface area (Å²) in [6.07, 6.45) is 5.71. The molecule has 0 bridgehead atoms. The summed E-state index contributed by atoms with van der Waals surface area (Å²) in [6, 6.07) is 0. The molecule has 0 amide bonds. The molecule has 2 aliphatic rings. The van der Waals surface area contributed by atoms with Crippen LogP contribution >= 0.6 is 0 Å². The lowest BCUT2D eigenvalue weighted by molar-refractivity contribution is 0.0845. The first-order valence-electron chi connectivity index (χ1n) is 6.14. The molecule has 3 rings (SSSR count). The van der Waals surface area contributed by atoms with E-state index in [1.54, 1.807) is 0 Å². The zero-order valence-corrected chi connectivity index (χ0v) is 9.43. The molecular formula is C12H18N2O2. The van der Waals surface area contributed by atoms with E-state index in [1.807, 2.05) is 0 Å². The van der Waals surface area contributed by atoms with Gasteiger partial charge in [-0.15, -0.1) is 0 Å². The smallest absolute Gasteiger partial charge is 0.111 e. The molecule has 4 nitrogen and oxygen atoms in total. The van der Waals surface area contributed by atoms with E-state index < -0.39 is 0 Å². The number of nitrogens with zero attached hydrogens (tertiary/aromatic N) is 2. The normalized spacial score (nSPS) is 26.7. The molecule has 0 aromatic carbocycles. The van der Waals surface area contributed by atoms with Gasteiger partial charge in [-0.2, -0.15) is 0 Å². The van der Waals surface area contributed by atoms with Gasteiger partial charge in [-0.1, -0.05) is 0 Å². The van der Waals surface area contributed by atoms with Crippen molar-refractivity contribution in [2.45, 2.75) is 44.2 Å². The van der Waals surface area contributed by atoms with Gasteiger partial charge < -0.3 is 14.4 Å². The number of hydrogen-bond acceptors (Lipinski definition) is 3. The van der Waals surface area contributed by atoms with Crippen molar-refractivity contribution in [3.05, 3.63) is 17.7 Å². The lowest BCUT2D eigenvalue weighted by atomic mass is 9.97. The van der Waals surface area contributed by atoms with Gasteiger partial charge in [-0.3, -0.25) is 0 Å². The highest BCUT2D eigenvalue weighted by atomic mass is 16.5. The van der Waals surface area contributed by atoms with E-state index in [4.69, 9.17) is 4.74 Å². The fourth-order valence-electron chi connectivity index (χ4n) is 2.62. The third-order valence-corrected chi connectivity index (χ3v) is 3.64. The Morgan fingerprint density at radius 3 is 2.94 bits per heavy atom. The Kier molecular flexibility index (Phi) is 2.69. The van der Waals surface area contributed by atoms with Crippen molar-refractivity contribution in [1.82, 2.24) is 9.55 Å². The summed E-state index contributed by atoms with van der Waals surface area (Å²) in [5.41, 5.74) is 1.20. The SMILES string of the molecule is OC1CCn2cc(C3CCOCC3)nc2C1. The third-order valence-electron chi connectivity index (χ3n) is 3.64. The van der Waals surface area contributed by atoms with Gasteiger partial charge in [0.2, 0.25) is 0 Å². The molecule has 1 N–H and O–H groups in total.